The standard InChI is InChI=1S/C33H33N2.ClHO4/c1-32(2)28(34(5)26-20-18-22-12-7-9-14-24(22)30(26)32)16-11-17-29-33(3,4)31-25-15-10-8-13-23(25)19-21-27(31)35(29)6;2-1(3,4)5/h7-21H,1-6H3;(H,2,3,4,5)/q+1;/p-1. The quantitative estimate of drug-likeness (QED) is 0.353. The SMILES string of the molecule is CN1C(=CC=CC2=[N+](C)c3ccc4ccccc4c3C2(C)C)C(C)(C)c2c1ccc1ccccc21.[O-][Cl+3]([O-])([O-])[O-]. The zero-order chi connectivity index (χ0) is 29.0. The van der Waals surface area contributed by atoms with Crippen LogP contribution in [0.1, 0.15) is 38.8 Å². The van der Waals surface area contributed by atoms with E-state index in [0.717, 1.165) is 0 Å². The molecule has 0 radical (unpaired) electrons. The number of hydrogen-bond donors (Lipinski definition) is 0. The van der Waals surface area contributed by atoms with E-state index in [9.17, 15) is 0 Å². The number of allylic oxidation sites excluding steroid dienone is 4. The van der Waals surface area contributed by atoms with Crippen LogP contribution in [0.5, 0.6) is 0 Å². The van der Waals surface area contributed by atoms with E-state index in [1.807, 2.05) is 0 Å². The zero-order valence-corrected chi connectivity index (χ0v) is 24.3. The molecular formula is C33H33ClN2O4. The van der Waals surface area contributed by atoms with Gasteiger partial charge in [0.05, 0.1) is 5.41 Å². The monoisotopic (exact) mass is 556 g/mol. The Hall–Kier alpha value is -3.52. The summed E-state index contributed by atoms with van der Waals surface area (Å²) in [6.45, 7) is 9.40. The Morgan fingerprint density at radius 1 is 0.725 bits per heavy atom. The molecular weight excluding hydrogens is 524 g/mol. The van der Waals surface area contributed by atoms with Gasteiger partial charge in [0, 0.05) is 41.6 Å². The van der Waals surface area contributed by atoms with Crippen molar-refractivity contribution < 1.29 is 33.5 Å². The fourth-order valence-electron chi connectivity index (χ4n) is 6.62. The van der Waals surface area contributed by atoms with Gasteiger partial charge in [0.2, 0.25) is 5.69 Å². The molecule has 0 N–H and O–H groups in total. The van der Waals surface area contributed by atoms with Gasteiger partial charge in [-0.2, -0.15) is 4.58 Å². The van der Waals surface area contributed by atoms with E-state index in [2.05, 4.69) is 142 Å². The van der Waals surface area contributed by atoms with Gasteiger partial charge in [-0.15, -0.1) is 10.2 Å². The molecule has 0 unspecified atom stereocenters. The first-order chi connectivity index (χ1) is 18.7. The van der Waals surface area contributed by atoms with Crippen molar-refractivity contribution in [3.05, 3.63) is 108 Å². The summed E-state index contributed by atoms with van der Waals surface area (Å²) >= 11 is 0. The van der Waals surface area contributed by atoms with Crippen molar-refractivity contribution in [2.75, 3.05) is 19.0 Å². The van der Waals surface area contributed by atoms with Crippen molar-refractivity contribution in [3.8, 4) is 0 Å². The van der Waals surface area contributed by atoms with Crippen LogP contribution in [0.25, 0.3) is 21.5 Å². The Morgan fingerprint density at radius 3 is 1.85 bits per heavy atom. The van der Waals surface area contributed by atoms with E-state index < -0.39 is 10.2 Å². The van der Waals surface area contributed by atoms with E-state index in [1.165, 1.54) is 55.5 Å². The number of halogens is 1. The lowest BCUT2D eigenvalue weighted by Gasteiger charge is -2.24. The molecule has 7 heteroatoms. The second-order valence-corrected chi connectivity index (χ2v) is 12.2. The molecule has 2 aliphatic heterocycles. The molecule has 0 spiro atoms. The summed E-state index contributed by atoms with van der Waals surface area (Å²) in [6, 6.07) is 26.5. The molecule has 2 aliphatic rings. The summed E-state index contributed by atoms with van der Waals surface area (Å²) in [4.78, 5) is 2.36. The van der Waals surface area contributed by atoms with Crippen molar-refractivity contribution in [1.29, 1.82) is 0 Å². The molecule has 40 heavy (non-hydrogen) atoms. The Balaban J connectivity index is 0.000000595. The molecule has 206 valence electrons. The third-order valence-corrected chi connectivity index (χ3v) is 8.30. The zero-order valence-electron chi connectivity index (χ0n) is 23.6. The maximum atomic E-state index is 8.49. The van der Waals surface area contributed by atoms with Gasteiger partial charge in [-0.1, -0.05) is 74.5 Å². The molecule has 6 rings (SSSR count). The number of rotatable bonds is 2. The lowest BCUT2D eigenvalue weighted by molar-refractivity contribution is -2.00. The highest BCUT2D eigenvalue weighted by Gasteiger charge is 2.44. The van der Waals surface area contributed by atoms with Crippen LogP contribution < -0.4 is 23.5 Å². The van der Waals surface area contributed by atoms with Crippen LogP contribution in [0.15, 0.2) is 96.7 Å². The summed E-state index contributed by atoms with van der Waals surface area (Å²) in [5.41, 5.74) is 7.94. The van der Waals surface area contributed by atoms with Crippen molar-refractivity contribution in [1.82, 2.24) is 0 Å². The van der Waals surface area contributed by atoms with Crippen molar-refractivity contribution in [2.24, 2.45) is 0 Å². The van der Waals surface area contributed by atoms with E-state index >= 15 is 0 Å². The fraction of sp³-hybridized carbons (Fsp3) is 0.242. The summed E-state index contributed by atoms with van der Waals surface area (Å²) in [5, 5.41) is 5.31. The van der Waals surface area contributed by atoms with Crippen LogP contribution in [-0.2, 0) is 10.8 Å². The highest BCUT2D eigenvalue weighted by atomic mass is 35.7. The molecule has 0 aromatic heterocycles. The van der Waals surface area contributed by atoms with Gasteiger partial charge in [0.15, 0.2) is 5.71 Å². The molecule has 2 heterocycles. The van der Waals surface area contributed by atoms with Crippen LogP contribution >= 0.6 is 0 Å². The Kier molecular flexibility index (Phi) is 6.89. The number of fused-ring (bicyclic) bond motifs is 6. The predicted octanol–water partition coefficient (Wildman–Crippen LogP) is 3.11. The van der Waals surface area contributed by atoms with Crippen LogP contribution in [0, 0.1) is 10.2 Å². The molecule has 0 atom stereocenters. The molecule has 4 aromatic carbocycles. The van der Waals surface area contributed by atoms with Gasteiger partial charge in [0.1, 0.15) is 7.05 Å². The van der Waals surface area contributed by atoms with Gasteiger partial charge in [-0.25, -0.2) is 18.6 Å². The molecule has 6 nitrogen and oxygen atoms in total. The third kappa shape index (κ3) is 4.72. The number of likely N-dealkylation sites (N-methyl/N-ethyl adjacent to an activating group) is 1. The smallest absolute Gasteiger partial charge is 0.210 e. The molecule has 0 aliphatic carbocycles. The van der Waals surface area contributed by atoms with Crippen molar-refractivity contribution in [2.45, 2.75) is 38.5 Å². The van der Waals surface area contributed by atoms with Crippen LogP contribution in [-0.4, -0.2) is 24.4 Å². The minimum Gasteiger partial charge on any atom is -0.347 e. The highest BCUT2D eigenvalue weighted by Crippen LogP contribution is 2.50. The van der Waals surface area contributed by atoms with Crippen LogP contribution in [0.2, 0.25) is 0 Å². The Labute approximate surface area is 237 Å². The maximum Gasteiger partial charge on any atom is 0.210 e. The van der Waals surface area contributed by atoms with E-state index in [-0.39, 0.29) is 10.8 Å². The largest absolute Gasteiger partial charge is 0.347 e. The number of anilines is 1. The normalized spacial score (nSPS) is 18.4. The molecule has 0 saturated heterocycles. The average Bonchev–Trinajstić information content (AvgIpc) is 3.21. The molecule has 0 amide bonds. The molecule has 0 saturated carbocycles. The second-order valence-electron chi connectivity index (χ2n) is 11.4. The molecule has 0 fully saturated rings. The van der Waals surface area contributed by atoms with Gasteiger partial charge in [-0.05, 0) is 59.2 Å². The molecule has 0 bridgehead atoms. The summed E-state index contributed by atoms with van der Waals surface area (Å²) in [7, 11) is -0.550. The molecule has 4 aromatic rings. The Morgan fingerprint density at radius 2 is 1.25 bits per heavy atom. The van der Waals surface area contributed by atoms with Gasteiger partial charge < -0.3 is 4.90 Å². The van der Waals surface area contributed by atoms with E-state index in [1.54, 1.807) is 0 Å². The predicted molar refractivity (Wildman–Crippen MR) is 150 cm³/mol. The minimum absolute atomic E-state index is 0.0732. The number of benzene rings is 4. The fourth-order valence-corrected chi connectivity index (χ4v) is 6.62. The maximum absolute atomic E-state index is 8.49. The van der Waals surface area contributed by atoms with Gasteiger partial charge in [-0.3, -0.25) is 0 Å². The topological polar surface area (TPSA) is 98.5 Å². The first-order valence-corrected chi connectivity index (χ1v) is 14.4. The van der Waals surface area contributed by atoms with Crippen LogP contribution in [0.4, 0.5) is 11.4 Å². The van der Waals surface area contributed by atoms with Crippen molar-refractivity contribution >= 4 is 38.6 Å². The summed E-state index contributed by atoms with van der Waals surface area (Å²) in [6.07, 6.45) is 6.88. The number of nitrogens with zero attached hydrogens (tertiary/aromatic N) is 2. The van der Waals surface area contributed by atoms with E-state index in [4.69, 9.17) is 18.6 Å². The first kappa shape index (κ1) is 28.0. The third-order valence-electron chi connectivity index (χ3n) is 8.30. The van der Waals surface area contributed by atoms with Gasteiger partial charge in [0.25, 0.3) is 0 Å². The minimum atomic E-state index is -4.94. The lowest BCUT2D eigenvalue weighted by atomic mass is 9.79. The average molecular weight is 557 g/mol. The lowest BCUT2D eigenvalue weighted by Crippen LogP contribution is -2.68. The first-order valence-electron chi connectivity index (χ1n) is 13.1. The summed E-state index contributed by atoms with van der Waals surface area (Å²) in [5.74, 6) is 0. The summed E-state index contributed by atoms with van der Waals surface area (Å²) < 4.78 is 36.3. The van der Waals surface area contributed by atoms with Gasteiger partial charge >= 0.3 is 0 Å². The number of hydrogen-bond acceptors (Lipinski definition) is 5. The van der Waals surface area contributed by atoms with E-state index in [0.29, 0.717) is 0 Å². The van der Waals surface area contributed by atoms with Crippen LogP contribution in [0.3, 0.4) is 0 Å². The Bertz CT molecular complexity index is 1720. The highest BCUT2D eigenvalue weighted by molar-refractivity contribution is 6.07. The van der Waals surface area contributed by atoms with Crippen molar-refractivity contribution in [3.63, 3.8) is 0 Å². The second kappa shape index (κ2) is 9.84.